The fraction of sp³-hybridized carbons (Fsp3) is 0.471. The lowest BCUT2D eigenvalue weighted by Gasteiger charge is -2.37. The Morgan fingerprint density at radius 2 is 1.90 bits per heavy atom. The SMILES string of the molecule is O=C(/C=C\c1ccccc1)N1CCCC[C@H]1C1OCCO1. The Morgan fingerprint density at radius 1 is 1.14 bits per heavy atom. The number of nitrogens with zero attached hydrogens (tertiary/aromatic N) is 1. The topological polar surface area (TPSA) is 38.8 Å². The second-order valence-electron chi connectivity index (χ2n) is 5.45. The van der Waals surface area contributed by atoms with Crippen molar-refractivity contribution >= 4 is 12.0 Å². The average Bonchev–Trinajstić information content (AvgIpc) is 3.08. The van der Waals surface area contributed by atoms with E-state index in [2.05, 4.69) is 0 Å². The van der Waals surface area contributed by atoms with Gasteiger partial charge >= 0.3 is 0 Å². The number of benzene rings is 1. The van der Waals surface area contributed by atoms with Gasteiger partial charge in [-0.15, -0.1) is 0 Å². The van der Waals surface area contributed by atoms with Crippen molar-refractivity contribution in [2.75, 3.05) is 19.8 Å². The lowest BCUT2D eigenvalue weighted by Crippen LogP contribution is -2.49. The summed E-state index contributed by atoms with van der Waals surface area (Å²) in [7, 11) is 0. The number of hydrogen-bond acceptors (Lipinski definition) is 3. The number of piperidine rings is 1. The fourth-order valence-corrected chi connectivity index (χ4v) is 2.94. The predicted molar refractivity (Wildman–Crippen MR) is 80.5 cm³/mol. The highest BCUT2D eigenvalue weighted by molar-refractivity contribution is 5.92. The normalized spacial score (nSPS) is 23.8. The fourth-order valence-electron chi connectivity index (χ4n) is 2.94. The zero-order valence-electron chi connectivity index (χ0n) is 12.1. The minimum Gasteiger partial charge on any atom is -0.348 e. The van der Waals surface area contributed by atoms with Crippen LogP contribution in [0.25, 0.3) is 6.08 Å². The third kappa shape index (κ3) is 3.52. The highest BCUT2D eigenvalue weighted by Crippen LogP contribution is 2.24. The Balaban J connectivity index is 1.67. The van der Waals surface area contributed by atoms with Crippen molar-refractivity contribution in [3.8, 4) is 0 Å². The molecule has 2 aliphatic heterocycles. The summed E-state index contributed by atoms with van der Waals surface area (Å²) >= 11 is 0. The molecule has 1 atom stereocenters. The molecule has 3 rings (SSSR count). The molecule has 0 aromatic heterocycles. The van der Waals surface area contributed by atoms with Crippen LogP contribution < -0.4 is 0 Å². The van der Waals surface area contributed by atoms with E-state index in [-0.39, 0.29) is 18.2 Å². The smallest absolute Gasteiger partial charge is 0.246 e. The molecule has 4 nitrogen and oxygen atoms in total. The molecule has 21 heavy (non-hydrogen) atoms. The second-order valence-corrected chi connectivity index (χ2v) is 5.45. The number of rotatable bonds is 3. The number of carbonyl (C=O) groups is 1. The van der Waals surface area contributed by atoms with Gasteiger partial charge in [-0.05, 0) is 30.9 Å². The van der Waals surface area contributed by atoms with Crippen LogP contribution in [0.5, 0.6) is 0 Å². The summed E-state index contributed by atoms with van der Waals surface area (Å²) < 4.78 is 11.2. The molecule has 2 fully saturated rings. The Morgan fingerprint density at radius 3 is 2.67 bits per heavy atom. The van der Waals surface area contributed by atoms with Gasteiger partial charge in [0.25, 0.3) is 0 Å². The maximum Gasteiger partial charge on any atom is 0.246 e. The van der Waals surface area contributed by atoms with E-state index in [0.717, 1.165) is 31.4 Å². The highest BCUT2D eigenvalue weighted by Gasteiger charge is 2.35. The number of likely N-dealkylation sites (tertiary alicyclic amines) is 1. The number of ether oxygens (including phenoxy) is 2. The molecule has 112 valence electrons. The minimum atomic E-state index is -0.251. The second kappa shape index (κ2) is 6.87. The van der Waals surface area contributed by atoms with Gasteiger partial charge in [-0.1, -0.05) is 30.3 Å². The van der Waals surface area contributed by atoms with Crippen LogP contribution in [0.3, 0.4) is 0 Å². The van der Waals surface area contributed by atoms with E-state index in [1.165, 1.54) is 0 Å². The van der Waals surface area contributed by atoms with Crippen molar-refractivity contribution < 1.29 is 14.3 Å². The first-order valence-electron chi connectivity index (χ1n) is 7.61. The van der Waals surface area contributed by atoms with Crippen LogP contribution >= 0.6 is 0 Å². The summed E-state index contributed by atoms with van der Waals surface area (Å²) in [5, 5.41) is 0. The van der Waals surface area contributed by atoms with Gasteiger partial charge in [0, 0.05) is 12.6 Å². The summed E-state index contributed by atoms with van der Waals surface area (Å²) in [5.41, 5.74) is 1.03. The zero-order chi connectivity index (χ0) is 14.5. The van der Waals surface area contributed by atoms with E-state index >= 15 is 0 Å². The maximum atomic E-state index is 12.5. The van der Waals surface area contributed by atoms with Gasteiger partial charge in [0.2, 0.25) is 5.91 Å². The highest BCUT2D eigenvalue weighted by atomic mass is 16.7. The van der Waals surface area contributed by atoms with Crippen molar-refractivity contribution in [1.29, 1.82) is 0 Å². The molecule has 0 N–H and O–H groups in total. The quantitative estimate of drug-likeness (QED) is 0.802. The first-order valence-corrected chi connectivity index (χ1v) is 7.61. The Hall–Kier alpha value is -1.65. The third-order valence-corrected chi connectivity index (χ3v) is 4.01. The molecule has 2 heterocycles. The molecule has 0 saturated carbocycles. The van der Waals surface area contributed by atoms with Gasteiger partial charge in [-0.2, -0.15) is 0 Å². The summed E-state index contributed by atoms with van der Waals surface area (Å²) in [6, 6.07) is 9.92. The van der Waals surface area contributed by atoms with Gasteiger partial charge in [0.05, 0.1) is 19.3 Å². The van der Waals surface area contributed by atoms with Crippen molar-refractivity contribution in [1.82, 2.24) is 4.90 Å². The summed E-state index contributed by atoms with van der Waals surface area (Å²) in [4.78, 5) is 14.4. The van der Waals surface area contributed by atoms with E-state index in [0.29, 0.717) is 13.2 Å². The maximum absolute atomic E-state index is 12.5. The van der Waals surface area contributed by atoms with Crippen LogP contribution in [0.4, 0.5) is 0 Å². The van der Waals surface area contributed by atoms with Crippen molar-refractivity contribution in [3.63, 3.8) is 0 Å². The first-order chi connectivity index (χ1) is 10.3. The summed E-state index contributed by atoms with van der Waals surface area (Å²) in [5.74, 6) is 0.0441. The summed E-state index contributed by atoms with van der Waals surface area (Å²) in [6.07, 6.45) is 6.40. The van der Waals surface area contributed by atoms with Crippen LogP contribution in [0.15, 0.2) is 36.4 Å². The van der Waals surface area contributed by atoms with Crippen molar-refractivity contribution in [2.24, 2.45) is 0 Å². The number of hydrogen-bond donors (Lipinski definition) is 0. The average molecular weight is 287 g/mol. The molecule has 2 saturated heterocycles. The molecule has 0 aliphatic carbocycles. The molecule has 0 unspecified atom stereocenters. The van der Waals surface area contributed by atoms with Crippen molar-refractivity contribution in [2.45, 2.75) is 31.6 Å². The Kier molecular flexibility index (Phi) is 4.68. The van der Waals surface area contributed by atoms with E-state index < -0.39 is 0 Å². The first kappa shape index (κ1) is 14.3. The van der Waals surface area contributed by atoms with E-state index in [1.807, 2.05) is 41.3 Å². The lowest BCUT2D eigenvalue weighted by atomic mass is 10.0. The van der Waals surface area contributed by atoms with Gasteiger partial charge in [0.1, 0.15) is 0 Å². The van der Waals surface area contributed by atoms with Gasteiger partial charge in [-0.3, -0.25) is 4.79 Å². The number of carbonyl (C=O) groups excluding carboxylic acids is 1. The van der Waals surface area contributed by atoms with E-state index in [4.69, 9.17) is 9.47 Å². The van der Waals surface area contributed by atoms with E-state index in [9.17, 15) is 4.79 Å². The van der Waals surface area contributed by atoms with E-state index in [1.54, 1.807) is 6.08 Å². The van der Waals surface area contributed by atoms with Gasteiger partial charge in [-0.25, -0.2) is 0 Å². The molecule has 0 spiro atoms. The lowest BCUT2D eigenvalue weighted by molar-refractivity contribution is -0.145. The molecule has 0 radical (unpaired) electrons. The Bertz CT molecular complexity index is 494. The molecular formula is C17H21NO3. The van der Waals surface area contributed by atoms with Crippen LogP contribution in [0.1, 0.15) is 24.8 Å². The molecular weight excluding hydrogens is 266 g/mol. The zero-order valence-corrected chi connectivity index (χ0v) is 12.1. The largest absolute Gasteiger partial charge is 0.348 e. The summed E-state index contributed by atoms with van der Waals surface area (Å²) in [6.45, 7) is 2.04. The monoisotopic (exact) mass is 287 g/mol. The molecule has 2 aliphatic rings. The molecule has 1 amide bonds. The minimum absolute atomic E-state index is 0.0441. The van der Waals surface area contributed by atoms with Crippen LogP contribution in [-0.2, 0) is 14.3 Å². The molecule has 1 aromatic carbocycles. The van der Waals surface area contributed by atoms with Crippen LogP contribution in [-0.4, -0.2) is 42.9 Å². The van der Waals surface area contributed by atoms with Gasteiger partial charge in [0.15, 0.2) is 6.29 Å². The Labute approximate surface area is 125 Å². The van der Waals surface area contributed by atoms with Crippen LogP contribution in [0.2, 0.25) is 0 Å². The molecule has 1 aromatic rings. The molecule has 0 bridgehead atoms. The van der Waals surface area contributed by atoms with Crippen molar-refractivity contribution in [3.05, 3.63) is 42.0 Å². The third-order valence-electron chi connectivity index (χ3n) is 4.01. The predicted octanol–water partition coefficient (Wildman–Crippen LogP) is 2.45. The molecule has 4 heteroatoms. The standard InChI is InChI=1S/C17H21NO3/c19-16(10-9-14-6-2-1-3-7-14)18-11-5-4-8-15(18)17-20-12-13-21-17/h1-3,6-7,9-10,15,17H,4-5,8,11-13H2/b10-9-/t15-/m0/s1. The number of amides is 1. The van der Waals surface area contributed by atoms with Crippen LogP contribution in [0, 0.1) is 0 Å². The van der Waals surface area contributed by atoms with Gasteiger partial charge < -0.3 is 14.4 Å².